The van der Waals surface area contributed by atoms with Gasteiger partial charge in [0.1, 0.15) is 17.3 Å². The third-order valence-corrected chi connectivity index (χ3v) is 2.99. The predicted octanol–water partition coefficient (Wildman–Crippen LogP) is 3.79. The van der Waals surface area contributed by atoms with Crippen molar-refractivity contribution in [1.82, 2.24) is 0 Å². The van der Waals surface area contributed by atoms with Crippen LogP contribution < -0.4 is 9.47 Å². The molecule has 0 amide bonds. The van der Waals surface area contributed by atoms with Gasteiger partial charge in [0.15, 0.2) is 12.4 Å². The zero-order chi connectivity index (χ0) is 15.2. The topological polar surface area (TPSA) is 35.5 Å². The highest BCUT2D eigenvalue weighted by atomic mass is 19.1. The zero-order valence-electron chi connectivity index (χ0n) is 12.1. The molecule has 0 saturated carbocycles. The van der Waals surface area contributed by atoms with E-state index in [0.717, 1.165) is 5.75 Å². The van der Waals surface area contributed by atoms with Crippen LogP contribution in [0.3, 0.4) is 0 Å². The summed E-state index contributed by atoms with van der Waals surface area (Å²) >= 11 is 0. The van der Waals surface area contributed by atoms with E-state index >= 15 is 0 Å². The van der Waals surface area contributed by atoms with Gasteiger partial charge in [-0.3, -0.25) is 4.79 Å². The molecule has 0 unspecified atom stereocenters. The molecule has 21 heavy (non-hydrogen) atoms. The Hall–Kier alpha value is -2.36. The minimum absolute atomic E-state index is 0.0843. The Kier molecular flexibility index (Phi) is 4.93. The molecule has 0 aliphatic carbocycles. The molecule has 0 saturated heterocycles. The third kappa shape index (κ3) is 4.05. The van der Waals surface area contributed by atoms with Crippen molar-refractivity contribution in [3.8, 4) is 11.5 Å². The summed E-state index contributed by atoms with van der Waals surface area (Å²) in [5.41, 5.74) is 1.04. The Balaban J connectivity index is 1.96. The van der Waals surface area contributed by atoms with Gasteiger partial charge in [-0.15, -0.1) is 0 Å². The Morgan fingerprint density at radius 3 is 2.33 bits per heavy atom. The molecule has 0 heterocycles. The minimum atomic E-state index is -0.291. The lowest BCUT2D eigenvalue weighted by Crippen LogP contribution is -2.11. The molecule has 0 aliphatic rings. The number of ketones is 1. The van der Waals surface area contributed by atoms with E-state index in [-0.39, 0.29) is 18.2 Å². The molecule has 3 nitrogen and oxygen atoms in total. The number of benzene rings is 2. The van der Waals surface area contributed by atoms with Gasteiger partial charge in [-0.2, -0.15) is 0 Å². The fourth-order valence-corrected chi connectivity index (χ4v) is 1.84. The van der Waals surface area contributed by atoms with Crippen molar-refractivity contribution in [2.45, 2.75) is 13.8 Å². The van der Waals surface area contributed by atoms with Crippen molar-refractivity contribution in [3.05, 3.63) is 59.4 Å². The first-order valence-electron chi connectivity index (χ1n) is 6.75. The van der Waals surface area contributed by atoms with Gasteiger partial charge >= 0.3 is 0 Å². The molecule has 0 bridgehead atoms. The molecule has 4 heteroatoms. The quantitative estimate of drug-likeness (QED) is 0.759. The van der Waals surface area contributed by atoms with Gasteiger partial charge in [-0.25, -0.2) is 4.39 Å². The van der Waals surface area contributed by atoms with Crippen molar-refractivity contribution in [2.75, 3.05) is 13.2 Å². The molecule has 2 aromatic rings. The van der Waals surface area contributed by atoms with Crippen molar-refractivity contribution < 1.29 is 18.7 Å². The fourth-order valence-electron chi connectivity index (χ4n) is 1.84. The molecule has 0 aliphatic heterocycles. The van der Waals surface area contributed by atoms with Crippen LogP contribution in [0.5, 0.6) is 11.5 Å². The van der Waals surface area contributed by atoms with Gasteiger partial charge in [0, 0.05) is 5.56 Å². The lowest BCUT2D eigenvalue weighted by Gasteiger charge is -2.07. The number of hydrogen-bond donors (Lipinski definition) is 0. The first-order valence-corrected chi connectivity index (χ1v) is 6.75. The Morgan fingerprint density at radius 2 is 1.71 bits per heavy atom. The van der Waals surface area contributed by atoms with Gasteiger partial charge in [-0.05, 0) is 61.9 Å². The minimum Gasteiger partial charge on any atom is -0.494 e. The van der Waals surface area contributed by atoms with Gasteiger partial charge < -0.3 is 9.47 Å². The van der Waals surface area contributed by atoms with Gasteiger partial charge in [0.25, 0.3) is 0 Å². The smallest absolute Gasteiger partial charge is 0.200 e. The number of ether oxygens (including phenoxy) is 2. The highest BCUT2D eigenvalue weighted by Gasteiger charge is 2.08. The molecule has 0 fully saturated rings. The van der Waals surface area contributed by atoms with Gasteiger partial charge in [-0.1, -0.05) is 0 Å². The molecule has 0 N–H and O–H groups in total. The average Bonchev–Trinajstić information content (AvgIpc) is 2.49. The maximum Gasteiger partial charge on any atom is 0.200 e. The van der Waals surface area contributed by atoms with E-state index in [1.165, 1.54) is 12.1 Å². The number of carbonyl (C=O) groups is 1. The van der Waals surface area contributed by atoms with Crippen LogP contribution in [0.15, 0.2) is 42.5 Å². The Labute approximate surface area is 123 Å². The molecule has 0 aromatic heterocycles. The number of Topliss-reactive ketones (excluding diaryl/α,β-unsaturated/α-hetero) is 1. The SMILES string of the molecule is CCOc1ccc(C(=O)COc2ccc(F)c(C)c2)cc1. The van der Waals surface area contributed by atoms with E-state index in [0.29, 0.717) is 23.5 Å². The van der Waals surface area contributed by atoms with E-state index in [1.54, 1.807) is 37.3 Å². The highest BCUT2D eigenvalue weighted by molar-refractivity contribution is 5.97. The molecule has 0 radical (unpaired) electrons. The van der Waals surface area contributed by atoms with Crippen LogP contribution in [0.2, 0.25) is 0 Å². The summed E-state index contributed by atoms with van der Waals surface area (Å²) in [4.78, 5) is 12.0. The highest BCUT2D eigenvalue weighted by Crippen LogP contribution is 2.17. The second kappa shape index (κ2) is 6.88. The van der Waals surface area contributed by atoms with Crippen LogP contribution in [-0.2, 0) is 0 Å². The summed E-state index contributed by atoms with van der Waals surface area (Å²) in [7, 11) is 0. The van der Waals surface area contributed by atoms with Gasteiger partial charge in [0.05, 0.1) is 6.61 Å². The summed E-state index contributed by atoms with van der Waals surface area (Å²) in [5.74, 6) is 0.775. The second-order valence-corrected chi connectivity index (χ2v) is 4.58. The predicted molar refractivity (Wildman–Crippen MR) is 78.6 cm³/mol. The largest absolute Gasteiger partial charge is 0.494 e. The van der Waals surface area contributed by atoms with Crippen LogP contribution in [0.1, 0.15) is 22.8 Å². The van der Waals surface area contributed by atoms with Crippen molar-refractivity contribution in [2.24, 2.45) is 0 Å². The summed E-state index contributed by atoms with van der Waals surface area (Å²) in [6.45, 7) is 4.05. The van der Waals surface area contributed by atoms with Crippen molar-refractivity contribution in [3.63, 3.8) is 0 Å². The molecule has 0 atom stereocenters. The van der Waals surface area contributed by atoms with Crippen LogP contribution >= 0.6 is 0 Å². The first kappa shape index (κ1) is 15.0. The number of halogens is 1. The summed E-state index contributed by atoms with van der Waals surface area (Å²) in [5, 5.41) is 0. The van der Waals surface area contributed by atoms with E-state index in [1.807, 2.05) is 6.92 Å². The standard InChI is InChI=1S/C17H17FO3/c1-3-20-14-6-4-13(5-7-14)17(19)11-21-15-8-9-16(18)12(2)10-15/h4-10H,3,11H2,1-2H3. The summed E-state index contributed by atoms with van der Waals surface area (Å²) in [6.07, 6.45) is 0. The molecular weight excluding hydrogens is 271 g/mol. The van der Waals surface area contributed by atoms with E-state index < -0.39 is 0 Å². The Bertz CT molecular complexity index is 620. The van der Waals surface area contributed by atoms with Crippen LogP contribution in [0.4, 0.5) is 4.39 Å². The second-order valence-electron chi connectivity index (χ2n) is 4.58. The van der Waals surface area contributed by atoms with E-state index in [2.05, 4.69) is 0 Å². The lowest BCUT2D eigenvalue weighted by molar-refractivity contribution is 0.0921. The van der Waals surface area contributed by atoms with Crippen LogP contribution in [0, 0.1) is 12.7 Å². The van der Waals surface area contributed by atoms with E-state index in [9.17, 15) is 9.18 Å². The first-order chi connectivity index (χ1) is 10.1. The third-order valence-electron chi connectivity index (χ3n) is 2.99. The molecule has 2 aromatic carbocycles. The number of rotatable bonds is 6. The monoisotopic (exact) mass is 288 g/mol. The molecule has 110 valence electrons. The average molecular weight is 288 g/mol. The van der Waals surface area contributed by atoms with Crippen molar-refractivity contribution in [1.29, 1.82) is 0 Å². The van der Waals surface area contributed by atoms with Crippen molar-refractivity contribution >= 4 is 5.78 Å². The van der Waals surface area contributed by atoms with E-state index in [4.69, 9.17) is 9.47 Å². The van der Waals surface area contributed by atoms with Crippen LogP contribution in [-0.4, -0.2) is 19.0 Å². The number of carbonyl (C=O) groups excluding carboxylic acids is 1. The van der Waals surface area contributed by atoms with Gasteiger partial charge in [0.2, 0.25) is 0 Å². The molecular formula is C17H17FO3. The zero-order valence-corrected chi connectivity index (χ0v) is 12.1. The summed E-state index contributed by atoms with van der Waals surface area (Å²) in [6, 6.07) is 11.3. The summed E-state index contributed by atoms with van der Waals surface area (Å²) < 4.78 is 23.8. The van der Waals surface area contributed by atoms with Crippen LogP contribution in [0.25, 0.3) is 0 Å². The fraction of sp³-hybridized carbons (Fsp3) is 0.235. The number of hydrogen-bond acceptors (Lipinski definition) is 3. The normalized spacial score (nSPS) is 10.2. The molecule has 2 rings (SSSR count). The number of aryl methyl sites for hydroxylation is 1. The maximum atomic E-state index is 13.1. The molecule has 0 spiro atoms. The maximum absolute atomic E-state index is 13.1. The Morgan fingerprint density at radius 1 is 1.05 bits per heavy atom. The lowest BCUT2D eigenvalue weighted by atomic mass is 10.1.